The van der Waals surface area contributed by atoms with E-state index in [-0.39, 0.29) is 5.78 Å². The molecule has 0 N–H and O–H groups in total. The number of ketones is 1. The van der Waals surface area contributed by atoms with Crippen LogP contribution in [0.5, 0.6) is 11.5 Å². The first kappa shape index (κ1) is 14.9. The monoisotopic (exact) mass is 304 g/mol. The maximum Gasteiger partial charge on any atom is 0.188 e. The van der Waals surface area contributed by atoms with E-state index in [1.807, 2.05) is 42.5 Å². The van der Waals surface area contributed by atoms with Gasteiger partial charge in [0.15, 0.2) is 5.78 Å². The summed E-state index contributed by atoms with van der Waals surface area (Å²) in [5.74, 6) is 1.33. The molecule has 3 aromatic carbocycles. The Morgan fingerprint density at radius 1 is 0.913 bits per heavy atom. The number of ether oxygens (including phenoxy) is 2. The molecule has 3 heteroatoms. The molecule has 0 unspecified atom stereocenters. The molecule has 3 nitrogen and oxygen atoms in total. The quantitative estimate of drug-likeness (QED) is 0.392. The minimum atomic E-state index is -0.118. The minimum absolute atomic E-state index is 0.118. The summed E-state index contributed by atoms with van der Waals surface area (Å²) in [6.07, 6.45) is 2.85. The Bertz CT molecular complexity index is 843. The van der Waals surface area contributed by atoms with Gasteiger partial charge in [0.1, 0.15) is 11.5 Å². The number of rotatable bonds is 5. The number of carbonyl (C=O) groups excluding carboxylic acids is 1. The average Bonchev–Trinajstić information content (AvgIpc) is 2.62. The topological polar surface area (TPSA) is 35.5 Å². The molecule has 0 aliphatic heterocycles. The second-order valence-electron chi connectivity index (χ2n) is 4.99. The zero-order valence-electron chi connectivity index (χ0n) is 12.7. The SMILES string of the molecule is COc1ccc(C(=O)/C=C/Oc2cccc3ccccc23)cc1. The largest absolute Gasteiger partial charge is 0.497 e. The molecular weight excluding hydrogens is 288 g/mol. The summed E-state index contributed by atoms with van der Waals surface area (Å²) in [6, 6.07) is 20.7. The second kappa shape index (κ2) is 6.79. The summed E-state index contributed by atoms with van der Waals surface area (Å²) in [5.41, 5.74) is 0.587. The molecule has 0 amide bonds. The van der Waals surface area contributed by atoms with Crippen LogP contribution in [0, 0.1) is 0 Å². The molecule has 114 valence electrons. The van der Waals surface area contributed by atoms with Crippen molar-refractivity contribution in [3.63, 3.8) is 0 Å². The Morgan fingerprint density at radius 3 is 2.43 bits per heavy atom. The number of allylic oxidation sites excluding steroid dienone is 1. The van der Waals surface area contributed by atoms with E-state index in [9.17, 15) is 4.79 Å². The Morgan fingerprint density at radius 2 is 1.65 bits per heavy atom. The van der Waals surface area contributed by atoms with Gasteiger partial charge in [0.25, 0.3) is 0 Å². The van der Waals surface area contributed by atoms with E-state index in [4.69, 9.17) is 9.47 Å². The lowest BCUT2D eigenvalue weighted by atomic mass is 10.1. The van der Waals surface area contributed by atoms with Gasteiger partial charge in [-0.15, -0.1) is 0 Å². The molecule has 0 aliphatic carbocycles. The standard InChI is InChI=1S/C20H16O3/c1-22-17-11-9-16(10-12-17)19(21)13-14-23-20-8-4-6-15-5-2-3-7-18(15)20/h2-14H,1H3/b14-13+. The van der Waals surface area contributed by atoms with Crippen molar-refractivity contribution in [3.05, 3.63) is 84.6 Å². The lowest BCUT2D eigenvalue weighted by molar-refractivity contribution is 0.104. The molecule has 0 aromatic heterocycles. The van der Waals surface area contributed by atoms with E-state index in [0.29, 0.717) is 5.56 Å². The van der Waals surface area contributed by atoms with Gasteiger partial charge in [0, 0.05) is 17.0 Å². The van der Waals surface area contributed by atoms with Gasteiger partial charge in [0.2, 0.25) is 0 Å². The number of hydrogen-bond donors (Lipinski definition) is 0. The van der Waals surface area contributed by atoms with Crippen molar-refractivity contribution in [2.24, 2.45) is 0 Å². The van der Waals surface area contributed by atoms with Crippen LogP contribution in [0.1, 0.15) is 10.4 Å². The van der Waals surface area contributed by atoms with Gasteiger partial charge in [-0.2, -0.15) is 0 Å². The van der Waals surface area contributed by atoms with E-state index in [0.717, 1.165) is 22.3 Å². The van der Waals surface area contributed by atoms with Crippen LogP contribution in [0.25, 0.3) is 10.8 Å². The molecule has 0 saturated carbocycles. The average molecular weight is 304 g/mol. The van der Waals surface area contributed by atoms with Gasteiger partial charge in [-0.25, -0.2) is 0 Å². The van der Waals surface area contributed by atoms with Crippen LogP contribution in [0.3, 0.4) is 0 Å². The highest BCUT2D eigenvalue weighted by Crippen LogP contribution is 2.25. The van der Waals surface area contributed by atoms with Crippen LogP contribution in [-0.4, -0.2) is 12.9 Å². The number of carbonyl (C=O) groups is 1. The fourth-order valence-electron chi connectivity index (χ4n) is 2.32. The second-order valence-corrected chi connectivity index (χ2v) is 4.99. The molecule has 0 spiro atoms. The number of hydrogen-bond acceptors (Lipinski definition) is 3. The van der Waals surface area contributed by atoms with Crippen molar-refractivity contribution in [1.29, 1.82) is 0 Å². The normalized spacial score (nSPS) is 10.8. The summed E-state index contributed by atoms with van der Waals surface area (Å²) in [4.78, 5) is 12.1. The van der Waals surface area contributed by atoms with Crippen LogP contribution >= 0.6 is 0 Å². The van der Waals surface area contributed by atoms with Gasteiger partial charge in [-0.1, -0.05) is 36.4 Å². The molecule has 23 heavy (non-hydrogen) atoms. The van der Waals surface area contributed by atoms with Crippen molar-refractivity contribution < 1.29 is 14.3 Å². The van der Waals surface area contributed by atoms with Crippen LogP contribution in [0.15, 0.2) is 79.1 Å². The maximum absolute atomic E-state index is 12.1. The molecule has 0 bridgehead atoms. The summed E-state index contributed by atoms with van der Waals surface area (Å²) >= 11 is 0. The third-order valence-electron chi connectivity index (χ3n) is 3.54. The lowest BCUT2D eigenvalue weighted by Crippen LogP contribution is -1.95. The summed E-state index contributed by atoms with van der Waals surface area (Å²) < 4.78 is 10.7. The zero-order valence-corrected chi connectivity index (χ0v) is 12.7. The maximum atomic E-state index is 12.1. The molecule has 0 heterocycles. The van der Waals surface area contributed by atoms with Crippen molar-refractivity contribution in [3.8, 4) is 11.5 Å². The Labute approximate surface area is 134 Å². The van der Waals surface area contributed by atoms with Gasteiger partial charge in [-0.05, 0) is 35.7 Å². The zero-order chi connectivity index (χ0) is 16.1. The van der Waals surface area contributed by atoms with E-state index >= 15 is 0 Å². The Hall–Kier alpha value is -3.07. The molecule has 0 radical (unpaired) electrons. The molecule has 0 fully saturated rings. The summed E-state index contributed by atoms with van der Waals surface area (Å²) in [5, 5.41) is 2.11. The Balaban J connectivity index is 1.73. The van der Waals surface area contributed by atoms with E-state index < -0.39 is 0 Å². The predicted octanol–water partition coefficient (Wildman–Crippen LogP) is 4.62. The van der Waals surface area contributed by atoms with Gasteiger partial charge < -0.3 is 9.47 Å². The van der Waals surface area contributed by atoms with Crippen molar-refractivity contribution in [2.45, 2.75) is 0 Å². The first-order valence-electron chi connectivity index (χ1n) is 7.27. The van der Waals surface area contributed by atoms with E-state index in [1.54, 1.807) is 31.4 Å². The highest BCUT2D eigenvalue weighted by Gasteiger charge is 2.03. The van der Waals surface area contributed by atoms with E-state index in [2.05, 4.69) is 0 Å². The van der Waals surface area contributed by atoms with Crippen LogP contribution in [0.2, 0.25) is 0 Å². The summed E-state index contributed by atoms with van der Waals surface area (Å²) in [6.45, 7) is 0. The molecule has 3 rings (SSSR count). The first-order valence-corrected chi connectivity index (χ1v) is 7.27. The predicted molar refractivity (Wildman–Crippen MR) is 91.0 cm³/mol. The first-order chi connectivity index (χ1) is 11.3. The fourth-order valence-corrected chi connectivity index (χ4v) is 2.32. The number of methoxy groups -OCH3 is 1. The van der Waals surface area contributed by atoms with Gasteiger partial charge >= 0.3 is 0 Å². The van der Waals surface area contributed by atoms with E-state index in [1.165, 1.54) is 12.3 Å². The summed E-state index contributed by atoms with van der Waals surface area (Å²) in [7, 11) is 1.59. The third-order valence-corrected chi connectivity index (χ3v) is 3.54. The van der Waals surface area contributed by atoms with Gasteiger partial charge in [-0.3, -0.25) is 4.79 Å². The van der Waals surface area contributed by atoms with Gasteiger partial charge in [0.05, 0.1) is 13.4 Å². The van der Waals surface area contributed by atoms with Crippen molar-refractivity contribution >= 4 is 16.6 Å². The Kier molecular flexibility index (Phi) is 4.39. The van der Waals surface area contributed by atoms with Crippen LogP contribution in [-0.2, 0) is 0 Å². The van der Waals surface area contributed by atoms with Crippen LogP contribution in [0.4, 0.5) is 0 Å². The van der Waals surface area contributed by atoms with Crippen molar-refractivity contribution in [2.75, 3.05) is 7.11 Å². The van der Waals surface area contributed by atoms with Crippen molar-refractivity contribution in [1.82, 2.24) is 0 Å². The molecular formula is C20H16O3. The highest BCUT2D eigenvalue weighted by atomic mass is 16.5. The molecule has 0 atom stereocenters. The smallest absolute Gasteiger partial charge is 0.188 e. The lowest BCUT2D eigenvalue weighted by Gasteiger charge is -2.05. The van der Waals surface area contributed by atoms with Crippen LogP contribution < -0.4 is 9.47 Å². The fraction of sp³-hybridized carbons (Fsp3) is 0.0500. The number of benzene rings is 3. The minimum Gasteiger partial charge on any atom is -0.497 e. The third kappa shape index (κ3) is 3.40. The highest BCUT2D eigenvalue weighted by molar-refractivity contribution is 6.04. The number of fused-ring (bicyclic) bond motifs is 1. The molecule has 0 aliphatic rings. The molecule has 0 saturated heterocycles. The molecule has 3 aromatic rings.